The summed E-state index contributed by atoms with van der Waals surface area (Å²) in [5.41, 5.74) is 7.05. The number of hydrogen-bond donors (Lipinski definition) is 2. The Hall–Kier alpha value is -3.55. The maximum atomic E-state index is 12.3. The van der Waals surface area contributed by atoms with Crippen molar-refractivity contribution in [3.63, 3.8) is 0 Å². The standard InChI is InChI=1S/C23H28N4O4/c1-3-5-16-7-9-19(20(12-16)30-2)31-15-22(28)26-18-8-10-21(25-13-18)27-11-4-6-17(14-27)23(24)29/h3,7-10,12-13,17H,1,4-6,11,14-15H2,2H3,(H2,24,29)(H,26,28). The van der Waals surface area contributed by atoms with Crippen LogP contribution < -0.4 is 25.4 Å². The van der Waals surface area contributed by atoms with Gasteiger partial charge in [-0.2, -0.15) is 0 Å². The molecule has 8 heteroatoms. The van der Waals surface area contributed by atoms with Gasteiger partial charge in [-0.3, -0.25) is 9.59 Å². The predicted octanol–water partition coefficient (Wildman–Crippen LogP) is 2.54. The number of hydrogen-bond acceptors (Lipinski definition) is 6. The topological polar surface area (TPSA) is 107 Å². The lowest BCUT2D eigenvalue weighted by atomic mass is 9.97. The van der Waals surface area contributed by atoms with Crippen LogP contribution in [0.3, 0.4) is 0 Å². The molecule has 0 saturated carbocycles. The highest BCUT2D eigenvalue weighted by atomic mass is 16.5. The third kappa shape index (κ3) is 5.97. The Kier molecular flexibility index (Phi) is 7.48. The molecule has 1 aliphatic rings. The van der Waals surface area contributed by atoms with Crippen LogP contribution in [0.5, 0.6) is 11.5 Å². The average Bonchev–Trinajstić information content (AvgIpc) is 2.79. The van der Waals surface area contributed by atoms with Crippen molar-refractivity contribution < 1.29 is 19.1 Å². The number of benzene rings is 1. The summed E-state index contributed by atoms with van der Waals surface area (Å²) in [4.78, 5) is 30.2. The minimum Gasteiger partial charge on any atom is -0.493 e. The molecular weight excluding hydrogens is 396 g/mol. The van der Waals surface area contributed by atoms with Gasteiger partial charge in [0.2, 0.25) is 5.91 Å². The summed E-state index contributed by atoms with van der Waals surface area (Å²) in [7, 11) is 1.56. The Morgan fingerprint density at radius 3 is 2.84 bits per heavy atom. The minimum atomic E-state index is -0.307. The van der Waals surface area contributed by atoms with E-state index < -0.39 is 0 Å². The molecule has 2 amide bonds. The first-order valence-corrected chi connectivity index (χ1v) is 10.2. The van der Waals surface area contributed by atoms with Crippen molar-refractivity contribution >= 4 is 23.3 Å². The van der Waals surface area contributed by atoms with E-state index in [1.54, 1.807) is 25.4 Å². The van der Waals surface area contributed by atoms with Gasteiger partial charge in [-0.25, -0.2) is 4.98 Å². The fourth-order valence-electron chi connectivity index (χ4n) is 3.53. The lowest BCUT2D eigenvalue weighted by Crippen LogP contribution is -2.41. The second-order valence-corrected chi connectivity index (χ2v) is 7.41. The summed E-state index contributed by atoms with van der Waals surface area (Å²) in [5, 5.41) is 2.77. The molecular formula is C23H28N4O4. The molecule has 0 bridgehead atoms. The monoisotopic (exact) mass is 424 g/mol. The van der Waals surface area contributed by atoms with Crippen molar-refractivity contribution in [1.29, 1.82) is 0 Å². The quantitative estimate of drug-likeness (QED) is 0.599. The SMILES string of the molecule is C=CCc1ccc(OCC(=O)Nc2ccc(N3CCCC(C(N)=O)C3)nc2)c(OC)c1. The van der Waals surface area contributed by atoms with Crippen LogP contribution in [-0.4, -0.2) is 43.6 Å². The summed E-state index contributed by atoms with van der Waals surface area (Å²) < 4.78 is 11.0. The van der Waals surface area contributed by atoms with Crippen LogP contribution in [0.1, 0.15) is 18.4 Å². The minimum absolute atomic E-state index is 0.157. The Morgan fingerprint density at radius 2 is 2.16 bits per heavy atom. The van der Waals surface area contributed by atoms with Crippen LogP contribution >= 0.6 is 0 Å². The van der Waals surface area contributed by atoms with Gasteiger partial charge in [0.1, 0.15) is 5.82 Å². The maximum Gasteiger partial charge on any atom is 0.262 e. The number of aromatic nitrogens is 1. The van der Waals surface area contributed by atoms with Crippen LogP contribution in [0.2, 0.25) is 0 Å². The Morgan fingerprint density at radius 1 is 1.32 bits per heavy atom. The molecule has 1 unspecified atom stereocenters. The first-order valence-electron chi connectivity index (χ1n) is 10.2. The third-order valence-corrected chi connectivity index (χ3v) is 5.15. The summed E-state index contributed by atoms with van der Waals surface area (Å²) in [5.74, 6) is 1.07. The van der Waals surface area contributed by atoms with Gasteiger partial charge < -0.3 is 25.4 Å². The van der Waals surface area contributed by atoms with E-state index in [9.17, 15) is 9.59 Å². The molecule has 1 aliphatic heterocycles. The molecule has 3 rings (SSSR count). The molecule has 31 heavy (non-hydrogen) atoms. The number of methoxy groups -OCH3 is 1. The number of pyridine rings is 1. The fourth-order valence-corrected chi connectivity index (χ4v) is 3.53. The maximum absolute atomic E-state index is 12.3. The Labute approximate surface area is 182 Å². The number of amides is 2. The number of piperidine rings is 1. The molecule has 1 fully saturated rings. The second-order valence-electron chi connectivity index (χ2n) is 7.41. The number of nitrogens with one attached hydrogen (secondary N) is 1. The number of nitrogens with two attached hydrogens (primary N) is 1. The molecule has 0 aliphatic carbocycles. The number of carbonyl (C=O) groups is 2. The van der Waals surface area contributed by atoms with E-state index in [0.717, 1.165) is 37.2 Å². The lowest BCUT2D eigenvalue weighted by molar-refractivity contribution is -0.122. The van der Waals surface area contributed by atoms with Crippen LogP contribution in [0.25, 0.3) is 0 Å². The Bertz CT molecular complexity index is 930. The van der Waals surface area contributed by atoms with Gasteiger partial charge in [-0.1, -0.05) is 12.1 Å². The fraction of sp³-hybridized carbons (Fsp3) is 0.348. The van der Waals surface area contributed by atoms with Gasteiger partial charge in [-0.15, -0.1) is 6.58 Å². The van der Waals surface area contributed by atoms with Crippen molar-refractivity contribution in [2.45, 2.75) is 19.3 Å². The van der Waals surface area contributed by atoms with Gasteiger partial charge in [0.15, 0.2) is 18.1 Å². The van der Waals surface area contributed by atoms with Crippen LogP contribution in [0, 0.1) is 5.92 Å². The highest BCUT2D eigenvalue weighted by Crippen LogP contribution is 2.28. The molecule has 1 saturated heterocycles. The Balaban J connectivity index is 1.54. The largest absolute Gasteiger partial charge is 0.493 e. The first-order chi connectivity index (χ1) is 15.0. The number of carbonyl (C=O) groups excluding carboxylic acids is 2. The average molecular weight is 425 g/mol. The second kappa shape index (κ2) is 10.5. The van der Waals surface area contributed by atoms with E-state index in [1.807, 2.05) is 29.2 Å². The molecule has 3 N–H and O–H groups in total. The van der Waals surface area contributed by atoms with Gasteiger partial charge >= 0.3 is 0 Å². The summed E-state index contributed by atoms with van der Waals surface area (Å²) in [6.45, 7) is 4.95. The zero-order valence-electron chi connectivity index (χ0n) is 17.7. The number of anilines is 2. The van der Waals surface area contributed by atoms with E-state index in [2.05, 4.69) is 16.9 Å². The van der Waals surface area contributed by atoms with Crippen LogP contribution in [0.4, 0.5) is 11.5 Å². The van der Waals surface area contributed by atoms with Gasteiger partial charge in [-0.05, 0) is 49.1 Å². The summed E-state index contributed by atoms with van der Waals surface area (Å²) in [6, 6.07) is 9.14. The highest BCUT2D eigenvalue weighted by molar-refractivity contribution is 5.91. The first kappa shape index (κ1) is 22.1. The highest BCUT2D eigenvalue weighted by Gasteiger charge is 2.24. The summed E-state index contributed by atoms with van der Waals surface area (Å²) in [6.07, 6.45) is 5.82. The molecule has 0 radical (unpaired) electrons. The van der Waals surface area contributed by atoms with E-state index >= 15 is 0 Å². The number of primary amides is 1. The van der Waals surface area contributed by atoms with Crippen LogP contribution in [-0.2, 0) is 16.0 Å². The smallest absolute Gasteiger partial charge is 0.262 e. The van der Waals surface area contributed by atoms with E-state index in [1.165, 1.54) is 0 Å². The zero-order valence-corrected chi connectivity index (χ0v) is 17.7. The van der Waals surface area contributed by atoms with Crippen molar-refractivity contribution in [3.8, 4) is 11.5 Å². The molecule has 8 nitrogen and oxygen atoms in total. The van der Waals surface area contributed by atoms with Gasteiger partial charge in [0.25, 0.3) is 5.91 Å². The van der Waals surface area contributed by atoms with Gasteiger partial charge in [0.05, 0.1) is 24.9 Å². The van der Waals surface area contributed by atoms with Crippen molar-refractivity contribution in [2.75, 3.05) is 37.0 Å². The predicted molar refractivity (Wildman–Crippen MR) is 119 cm³/mol. The normalized spacial score (nSPS) is 15.8. The lowest BCUT2D eigenvalue weighted by Gasteiger charge is -2.32. The number of allylic oxidation sites excluding steroid dienone is 1. The number of ether oxygens (including phenoxy) is 2. The zero-order chi connectivity index (χ0) is 22.2. The molecule has 2 aromatic rings. The molecule has 1 aromatic carbocycles. The number of rotatable bonds is 9. The molecule has 1 atom stereocenters. The molecule has 164 valence electrons. The van der Waals surface area contributed by atoms with E-state index in [0.29, 0.717) is 23.7 Å². The molecule has 0 spiro atoms. The van der Waals surface area contributed by atoms with Crippen LogP contribution in [0.15, 0.2) is 49.2 Å². The van der Waals surface area contributed by atoms with Gasteiger partial charge in [0, 0.05) is 13.1 Å². The van der Waals surface area contributed by atoms with E-state index in [4.69, 9.17) is 15.2 Å². The summed E-state index contributed by atoms with van der Waals surface area (Å²) >= 11 is 0. The van der Waals surface area contributed by atoms with Crippen molar-refractivity contribution in [1.82, 2.24) is 4.98 Å². The van der Waals surface area contributed by atoms with Crippen molar-refractivity contribution in [3.05, 3.63) is 54.7 Å². The van der Waals surface area contributed by atoms with E-state index in [-0.39, 0.29) is 24.3 Å². The molecule has 2 heterocycles. The third-order valence-electron chi connectivity index (χ3n) is 5.15. The number of nitrogens with zero attached hydrogens (tertiary/aromatic N) is 2. The van der Waals surface area contributed by atoms with Crippen molar-refractivity contribution in [2.24, 2.45) is 11.7 Å². The molecule has 1 aromatic heterocycles.